The van der Waals surface area contributed by atoms with Gasteiger partial charge in [0.25, 0.3) is 0 Å². The number of rotatable bonds is 5. The molecule has 0 bridgehead atoms. The first-order valence-corrected chi connectivity index (χ1v) is 9.63. The van der Waals surface area contributed by atoms with E-state index in [1.54, 1.807) is 0 Å². The second kappa shape index (κ2) is 7.21. The van der Waals surface area contributed by atoms with Crippen LogP contribution in [0.25, 0.3) is 33.7 Å². The zero-order valence-corrected chi connectivity index (χ0v) is 16.0. The molecule has 8 heteroatoms. The van der Waals surface area contributed by atoms with Crippen LogP contribution in [0.3, 0.4) is 0 Å². The summed E-state index contributed by atoms with van der Waals surface area (Å²) in [6.45, 7) is 2.99. The molecule has 0 spiro atoms. The molecule has 4 aromatic heterocycles. The molecular weight excluding hydrogens is 368 g/mol. The van der Waals surface area contributed by atoms with Crippen LogP contribution in [-0.4, -0.2) is 48.0 Å². The smallest absolute Gasteiger partial charge is 0.233 e. The SMILES string of the molecule is Cc1cccc(-c2nn3c(c2-c2cnc4ncc(OCCO)nc4c2)CCC3)n1. The molecule has 0 saturated heterocycles. The van der Waals surface area contributed by atoms with Gasteiger partial charge in [0, 0.05) is 35.3 Å². The van der Waals surface area contributed by atoms with Crippen molar-refractivity contribution in [2.75, 3.05) is 13.2 Å². The largest absolute Gasteiger partial charge is 0.474 e. The molecule has 1 aliphatic rings. The van der Waals surface area contributed by atoms with E-state index in [0.717, 1.165) is 47.6 Å². The molecule has 5 heterocycles. The van der Waals surface area contributed by atoms with Crippen molar-refractivity contribution in [2.24, 2.45) is 0 Å². The monoisotopic (exact) mass is 388 g/mol. The minimum absolute atomic E-state index is 0.0760. The average molecular weight is 388 g/mol. The first-order valence-electron chi connectivity index (χ1n) is 9.63. The van der Waals surface area contributed by atoms with Crippen LogP contribution in [0.15, 0.2) is 36.7 Å². The predicted octanol–water partition coefficient (Wildman–Crippen LogP) is 2.58. The maximum absolute atomic E-state index is 8.96. The summed E-state index contributed by atoms with van der Waals surface area (Å²) in [6, 6.07) is 7.94. The van der Waals surface area contributed by atoms with E-state index in [4.69, 9.17) is 14.9 Å². The number of nitrogens with zero attached hydrogens (tertiary/aromatic N) is 6. The third-order valence-corrected chi connectivity index (χ3v) is 4.98. The molecular formula is C21H20N6O2. The average Bonchev–Trinajstić information content (AvgIpc) is 3.33. The number of aliphatic hydroxyl groups is 1. The predicted molar refractivity (Wildman–Crippen MR) is 107 cm³/mol. The summed E-state index contributed by atoms with van der Waals surface area (Å²) in [5.74, 6) is 0.367. The fourth-order valence-corrected chi connectivity index (χ4v) is 3.74. The molecule has 0 atom stereocenters. The fourth-order valence-electron chi connectivity index (χ4n) is 3.74. The fraction of sp³-hybridized carbons (Fsp3) is 0.286. The quantitative estimate of drug-likeness (QED) is 0.561. The standard InChI is InChI=1S/C21H20N6O2/c1-13-4-2-5-15(24-13)20-19(17-6-3-7-27(17)26-20)14-10-16-21(22-11-14)23-12-18(25-16)29-9-8-28/h2,4-5,10-12,28H,3,6-9H2,1H3. The Morgan fingerprint density at radius 2 is 2.07 bits per heavy atom. The second-order valence-electron chi connectivity index (χ2n) is 7.01. The lowest BCUT2D eigenvalue weighted by atomic mass is 10.0. The first kappa shape index (κ1) is 17.7. The Hall–Kier alpha value is -3.39. The van der Waals surface area contributed by atoms with Crippen LogP contribution in [0.2, 0.25) is 0 Å². The van der Waals surface area contributed by atoms with E-state index in [1.807, 2.05) is 37.4 Å². The molecule has 5 rings (SSSR count). The molecule has 0 radical (unpaired) electrons. The Labute approximate surface area is 167 Å². The van der Waals surface area contributed by atoms with Crippen LogP contribution >= 0.6 is 0 Å². The van der Waals surface area contributed by atoms with Crippen molar-refractivity contribution in [1.29, 1.82) is 0 Å². The summed E-state index contributed by atoms with van der Waals surface area (Å²) >= 11 is 0. The summed E-state index contributed by atoms with van der Waals surface area (Å²) in [6.07, 6.45) is 5.39. The van der Waals surface area contributed by atoms with Gasteiger partial charge in [-0.3, -0.25) is 9.67 Å². The van der Waals surface area contributed by atoms with Gasteiger partial charge < -0.3 is 9.84 Å². The van der Waals surface area contributed by atoms with Gasteiger partial charge in [-0.25, -0.2) is 15.0 Å². The van der Waals surface area contributed by atoms with Crippen molar-refractivity contribution in [1.82, 2.24) is 29.7 Å². The highest BCUT2D eigenvalue weighted by Crippen LogP contribution is 2.37. The lowest BCUT2D eigenvalue weighted by molar-refractivity contribution is 0.196. The highest BCUT2D eigenvalue weighted by Gasteiger charge is 2.25. The van der Waals surface area contributed by atoms with Crippen LogP contribution in [-0.2, 0) is 13.0 Å². The van der Waals surface area contributed by atoms with Crippen molar-refractivity contribution in [3.8, 4) is 28.4 Å². The van der Waals surface area contributed by atoms with Crippen LogP contribution < -0.4 is 4.74 Å². The summed E-state index contributed by atoms with van der Waals surface area (Å²) < 4.78 is 7.47. The molecule has 29 heavy (non-hydrogen) atoms. The van der Waals surface area contributed by atoms with Gasteiger partial charge in [0.05, 0.1) is 18.5 Å². The number of hydrogen-bond donors (Lipinski definition) is 1. The van der Waals surface area contributed by atoms with Crippen LogP contribution in [0.4, 0.5) is 0 Å². The summed E-state index contributed by atoms with van der Waals surface area (Å²) in [5, 5.41) is 13.8. The molecule has 1 N–H and O–H groups in total. The minimum Gasteiger partial charge on any atom is -0.474 e. The van der Waals surface area contributed by atoms with E-state index in [9.17, 15) is 0 Å². The second-order valence-corrected chi connectivity index (χ2v) is 7.01. The number of aryl methyl sites for hydroxylation is 2. The Morgan fingerprint density at radius 3 is 2.93 bits per heavy atom. The number of hydrogen-bond acceptors (Lipinski definition) is 7. The van der Waals surface area contributed by atoms with Gasteiger partial charge in [-0.1, -0.05) is 6.07 Å². The van der Waals surface area contributed by atoms with Gasteiger partial charge in [0.15, 0.2) is 5.65 Å². The van der Waals surface area contributed by atoms with E-state index in [2.05, 4.69) is 24.6 Å². The lowest BCUT2D eigenvalue weighted by Crippen LogP contribution is -2.03. The molecule has 8 nitrogen and oxygen atoms in total. The van der Waals surface area contributed by atoms with E-state index in [0.29, 0.717) is 17.0 Å². The molecule has 0 aromatic carbocycles. The van der Waals surface area contributed by atoms with Crippen molar-refractivity contribution < 1.29 is 9.84 Å². The maximum atomic E-state index is 8.96. The van der Waals surface area contributed by atoms with Gasteiger partial charge in [-0.05, 0) is 38.0 Å². The first-order chi connectivity index (χ1) is 14.2. The van der Waals surface area contributed by atoms with Crippen molar-refractivity contribution in [2.45, 2.75) is 26.3 Å². The molecule has 4 aromatic rings. The van der Waals surface area contributed by atoms with E-state index >= 15 is 0 Å². The zero-order chi connectivity index (χ0) is 19.8. The number of aromatic nitrogens is 6. The summed E-state index contributed by atoms with van der Waals surface area (Å²) in [4.78, 5) is 18.0. The van der Waals surface area contributed by atoms with Gasteiger partial charge in [-0.15, -0.1) is 0 Å². The third-order valence-electron chi connectivity index (χ3n) is 4.98. The van der Waals surface area contributed by atoms with E-state index < -0.39 is 0 Å². The number of aliphatic hydroxyl groups excluding tert-OH is 1. The molecule has 0 aliphatic carbocycles. The van der Waals surface area contributed by atoms with Crippen molar-refractivity contribution in [3.63, 3.8) is 0 Å². The van der Waals surface area contributed by atoms with Crippen LogP contribution in [0.5, 0.6) is 5.88 Å². The van der Waals surface area contributed by atoms with Crippen molar-refractivity contribution in [3.05, 3.63) is 48.0 Å². The normalized spacial score (nSPS) is 13.0. The number of pyridine rings is 2. The van der Waals surface area contributed by atoms with Gasteiger partial charge >= 0.3 is 0 Å². The molecule has 0 amide bonds. The lowest BCUT2D eigenvalue weighted by Gasteiger charge is -2.07. The van der Waals surface area contributed by atoms with Gasteiger partial charge in [0.2, 0.25) is 5.88 Å². The van der Waals surface area contributed by atoms with Crippen LogP contribution in [0.1, 0.15) is 17.8 Å². The maximum Gasteiger partial charge on any atom is 0.233 e. The van der Waals surface area contributed by atoms with Gasteiger partial charge in [0.1, 0.15) is 17.8 Å². The molecule has 1 aliphatic heterocycles. The van der Waals surface area contributed by atoms with E-state index in [1.165, 1.54) is 11.9 Å². The zero-order valence-electron chi connectivity index (χ0n) is 16.0. The Kier molecular flexibility index (Phi) is 4.40. The Morgan fingerprint density at radius 1 is 1.17 bits per heavy atom. The molecule has 0 saturated carbocycles. The highest BCUT2D eigenvalue weighted by atomic mass is 16.5. The van der Waals surface area contributed by atoms with Crippen LogP contribution in [0, 0.1) is 6.92 Å². The number of fused-ring (bicyclic) bond motifs is 2. The highest BCUT2D eigenvalue weighted by molar-refractivity contribution is 5.85. The Balaban J connectivity index is 1.66. The summed E-state index contributed by atoms with van der Waals surface area (Å²) in [5.41, 5.74) is 7.05. The topological polar surface area (TPSA) is 98.8 Å². The van der Waals surface area contributed by atoms with E-state index in [-0.39, 0.29) is 13.2 Å². The Bertz CT molecular complexity index is 1200. The van der Waals surface area contributed by atoms with Gasteiger partial charge in [-0.2, -0.15) is 5.10 Å². The number of ether oxygens (including phenoxy) is 1. The molecule has 146 valence electrons. The van der Waals surface area contributed by atoms with Crippen molar-refractivity contribution >= 4 is 11.2 Å². The minimum atomic E-state index is -0.0760. The molecule has 0 unspecified atom stereocenters. The molecule has 0 fully saturated rings. The third kappa shape index (κ3) is 3.21. The summed E-state index contributed by atoms with van der Waals surface area (Å²) in [7, 11) is 0.